The topological polar surface area (TPSA) is 55.6 Å². The third-order valence-electron chi connectivity index (χ3n) is 3.87. The number of para-hydroxylation sites is 1. The molecule has 0 spiro atoms. The minimum Gasteiger partial charge on any atom is -0.479 e. The van der Waals surface area contributed by atoms with Gasteiger partial charge in [0.15, 0.2) is 6.10 Å². The fourth-order valence-corrected chi connectivity index (χ4v) is 2.93. The number of benzene rings is 1. The maximum Gasteiger partial charge on any atom is 0.263 e. The van der Waals surface area contributed by atoms with Gasteiger partial charge in [-0.2, -0.15) is 0 Å². The van der Waals surface area contributed by atoms with E-state index in [2.05, 4.69) is 15.9 Å². The lowest BCUT2D eigenvalue weighted by Gasteiger charge is -2.27. The van der Waals surface area contributed by atoms with Gasteiger partial charge in [0.25, 0.3) is 5.91 Å². The monoisotopic (exact) mass is 354 g/mol. The first kappa shape index (κ1) is 16.3. The molecule has 0 bridgehead atoms. The van der Waals surface area contributed by atoms with Crippen LogP contribution in [0.15, 0.2) is 28.7 Å². The van der Waals surface area contributed by atoms with Crippen LogP contribution in [0.1, 0.15) is 20.3 Å². The molecule has 5 heteroatoms. The van der Waals surface area contributed by atoms with Gasteiger partial charge < -0.3 is 15.4 Å². The summed E-state index contributed by atoms with van der Waals surface area (Å²) in [4.78, 5) is 14.6. The molecule has 0 unspecified atom stereocenters. The Morgan fingerprint density at radius 3 is 2.76 bits per heavy atom. The number of hydrogen-bond acceptors (Lipinski definition) is 3. The Balaban J connectivity index is 2.09. The molecule has 1 aromatic rings. The molecule has 0 saturated carbocycles. The molecule has 1 amide bonds. The van der Waals surface area contributed by atoms with Crippen LogP contribution in [0.4, 0.5) is 0 Å². The first-order valence-corrected chi connectivity index (χ1v) is 8.22. The van der Waals surface area contributed by atoms with Gasteiger partial charge in [-0.1, -0.05) is 26.0 Å². The predicted molar refractivity (Wildman–Crippen MR) is 87.1 cm³/mol. The van der Waals surface area contributed by atoms with E-state index in [0.717, 1.165) is 24.0 Å². The molecule has 4 nitrogen and oxygen atoms in total. The zero-order valence-corrected chi connectivity index (χ0v) is 14.2. The van der Waals surface area contributed by atoms with Gasteiger partial charge in [-0.15, -0.1) is 0 Å². The second kappa shape index (κ2) is 7.27. The van der Waals surface area contributed by atoms with Crippen molar-refractivity contribution in [2.45, 2.75) is 26.4 Å². The molecule has 1 aliphatic rings. The smallest absolute Gasteiger partial charge is 0.263 e. The molecule has 0 aliphatic carbocycles. The SMILES string of the molecule is CC(C)[C@@H](Oc1ccccc1Br)C(=O)N1CC[C@H](CN)C1. The number of carbonyl (C=O) groups excluding carboxylic acids is 1. The highest BCUT2D eigenvalue weighted by Crippen LogP contribution is 2.27. The minimum atomic E-state index is -0.458. The average molecular weight is 355 g/mol. The van der Waals surface area contributed by atoms with Gasteiger partial charge in [-0.3, -0.25) is 4.79 Å². The summed E-state index contributed by atoms with van der Waals surface area (Å²) in [5.74, 6) is 1.31. The molecule has 0 radical (unpaired) electrons. The number of likely N-dealkylation sites (tertiary alicyclic amines) is 1. The Morgan fingerprint density at radius 1 is 1.48 bits per heavy atom. The highest BCUT2D eigenvalue weighted by molar-refractivity contribution is 9.10. The van der Waals surface area contributed by atoms with E-state index in [9.17, 15) is 4.79 Å². The first-order chi connectivity index (χ1) is 10.0. The number of nitrogens with two attached hydrogens (primary N) is 1. The third kappa shape index (κ3) is 3.98. The molecular formula is C16H23BrN2O2. The summed E-state index contributed by atoms with van der Waals surface area (Å²) in [6, 6.07) is 7.62. The molecule has 1 saturated heterocycles. The lowest BCUT2D eigenvalue weighted by Crippen LogP contribution is -2.44. The van der Waals surface area contributed by atoms with Crippen molar-refractivity contribution in [3.63, 3.8) is 0 Å². The van der Waals surface area contributed by atoms with E-state index >= 15 is 0 Å². The van der Waals surface area contributed by atoms with Gasteiger partial charge in [-0.25, -0.2) is 0 Å². The number of rotatable bonds is 5. The van der Waals surface area contributed by atoms with Crippen LogP contribution >= 0.6 is 15.9 Å². The van der Waals surface area contributed by atoms with E-state index in [1.165, 1.54) is 0 Å². The maximum absolute atomic E-state index is 12.7. The fourth-order valence-electron chi connectivity index (χ4n) is 2.55. The number of halogens is 1. The highest BCUT2D eigenvalue weighted by atomic mass is 79.9. The molecule has 1 aromatic carbocycles. The number of ether oxygens (including phenoxy) is 1. The van der Waals surface area contributed by atoms with Gasteiger partial charge in [0, 0.05) is 13.1 Å². The number of amides is 1. The van der Waals surface area contributed by atoms with Crippen molar-refractivity contribution in [1.82, 2.24) is 4.90 Å². The molecule has 2 atom stereocenters. The molecule has 2 rings (SSSR count). The van der Waals surface area contributed by atoms with E-state index < -0.39 is 6.10 Å². The predicted octanol–water partition coefficient (Wildman–Crippen LogP) is 2.66. The van der Waals surface area contributed by atoms with Crippen molar-refractivity contribution in [3.8, 4) is 5.75 Å². The summed E-state index contributed by atoms with van der Waals surface area (Å²) < 4.78 is 6.85. The van der Waals surface area contributed by atoms with Crippen LogP contribution in [0.3, 0.4) is 0 Å². The molecule has 2 N–H and O–H groups in total. The summed E-state index contributed by atoms with van der Waals surface area (Å²) in [6.07, 6.45) is 0.530. The number of carbonyl (C=O) groups is 1. The van der Waals surface area contributed by atoms with Crippen molar-refractivity contribution in [1.29, 1.82) is 0 Å². The summed E-state index contributed by atoms with van der Waals surface area (Å²) in [6.45, 7) is 6.19. The fraction of sp³-hybridized carbons (Fsp3) is 0.562. The second-order valence-electron chi connectivity index (χ2n) is 5.89. The van der Waals surface area contributed by atoms with E-state index in [-0.39, 0.29) is 11.8 Å². The van der Waals surface area contributed by atoms with Crippen molar-refractivity contribution in [2.24, 2.45) is 17.6 Å². The van der Waals surface area contributed by atoms with Gasteiger partial charge in [0.1, 0.15) is 5.75 Å². The van der Waals surface area contributed by atoms with Crippen LogP contribution in [0.25, 0.3) is 0 Å². The molecule has 1 aliphatic heterocycles. The molecule has 21 heavy (non-hydrogen) atoms. The Bertz CT molecular complexity index is 493. The highest BCUT2D eigenvalue weighted by Gasteiger charge is 2.33. The van der Waals surface area contributed by atoms with Crippen LogP contribution in [-0.4, -0.2) is 36.5 Å². The van der Waals surface area contributed by atoms with Crippen molar-refractivity contribution >= 4 is 21.8 Å². The molecule has 0 aromatic heterocycles. The van der Waals surface area contributed by atoms with Crippen molar-refractivity contribution < 1.29 is 9.53 Å². The van der Waals surface area contributed by atoms with Gasteiger partial charge in [-0.05, 0) is 52.9 Å². The zero-order chi connectivity index (χ0) is 15.4. The lowest BCUT2D eigenvalue weighted by atomic mass is 10.1. The molecule has 116 valence electrons. The average Bonchev–Trinajstić information content (AvgIpc) is 2.94. The maximum atomic E-state index is 12.7. The largest absolute Gasteiger partial charge is 0.479 e. The molecule has 1 fully saturated rings. The van der Waals surface area contributed by atoms with E-state index in [4.69, 9.17) is 10.5 Å². The van der Waals surface area contributed by atoms with Crippen LogP contribution in [-0.2, 0) is 4.79 Å². The Morgan fingerprint density at radius 2 is 2.19 bits per heavy atom. The number of hydrogen-bond donors (Lipinski definition) is 1. The molecular weight excluding hydrogens is 332 g/mol. The minimum absolute atomic E-state index is 0.0664. The quantitative estimate of drug-likeness (QED) is 0.884. The normalized spacial score (nSPS) is 19.9. The Labute approximate surface area is 134 Å². The summed E-state index contributed by atoms with van der Waals surface area (Å²) in [5, 5.41) is 0. The van der Waals surface area contributed by atoms with Crippen LogP contribution in [0.5, 0.6) is 5.75 Å². The van der Waals surface area contributed by atoms with Crippen LogP contribution in [0.2, 0.25) is 0 Å². The summed E-state index contributed by atoms with van der Waals surface area (Å²) in [7, 11) is 0. The van der Waals surface area contributed by atoms with Crippen molar-refractivity contribution in [3.05, 3.63) is 28.7 Å². The summed E-state index contributed by atoms with van der Waals surface area (Å²) in [5.41, 5.74) is 5.70. The van der Waals surface area contributed by atoms with Gasteiger partial charge >= 0.3 is 0 Å². The first-order valence-electron chi connectivity index (χ1n) is 7.43. The Kier molecular flexibility index (Phi) is 5.65. The van der Waals surface area contributed by atoms with Crippen LogP contribution in [0, 0.1) is 11.8 Å². The van der Waals surface area contributed by atoms with Gasteiger partial charge in [0.2, 0.25) is 0 Å². The van der Waals surface area contributed by atoms with Gasteiger partial charge in [0.05, 0.1) is 4.47 Å². The second-order valence-corrected chi connectivity index (χ2v) is 6.74. The van der Waals surface area contributed by atoms with E-state index in [1.807, 2.05) is 43.0 Å². The Hall–Kier alpha value is -1.07. The molecule has 1 heterocycles. The summed E-state index contributed by atoms with van der Waals surface area (Å²) >= 11 is 3.46. The number of nitrogens with zero attached hydrogens (tertiary/aromatic N) is 1. The van der Waals surface area contributed by atoms with E-state index in [0.29, 0.717) is 18.2 Å². The van der Waals surface area contributed by atoms with E-state index in [1.54, 1.807) is 0 Å². The van der Waals surface area contributed by atoms with Crippen LogP contribution < -0.4 is 10.5 Å². The zero-order valence-electron chi connectivity index (χ0n) is 12.6. The lowest BCUT2D eigenvalue weighted by molar-refractivity contribution is -0.139. The standard InChI is InChI=1S/C16H23BrN2O2/c1-11(2)15(21-14-6-4-3-5-13(14)17)16(20)19-8-7-12(9-18)10-19/h3-6,11-12,15H,7-10,18H2,1-2H3/t12-,15-/m1/s1. The van der Waals surface area contributed by atoms with Crippen molar-refractivity contribution in [2.75, 3.05) is 19.6 Å². The third-order valence-corrected chi connectivity index (χ3v) is 4.53.